The van der Waals surface area contributed by atoms with E-state index in [1.54, 1.807) is 6.33 Å². The molecule has 0 unspecified atom stereocenters. The van der Waals surface area contributed by atoms with Crippen LogP contribution in [0.25, 0.3) is 22.3 Å². The van der Waals surface area contributed by atoms with Crippen LogP contribution >= 0.6 is 11.6 Å². The maximum atomic E-state index is 9.29. The topological polar surface area (TPSA) is 99.7 Å². The molecule has 7 nitrogen and oxygen atoms in total. The zero-order chi connectivity index (χ0) is 20.9. The van der Waals surface area contributed by atoms with Crippen molar-refractivity contribution in [2.45, 2.75) is 19.5 Å². The van der Waals surface area contributed by atoms with Crippen molar-refractivity contribution in [3.05, 3.63) is 71.3 Å². The molecule has 0 aliphatic carbocycles. The zero-order valence-electron chi connectivity index (χ0n) is 16.1. The summed E-state index contributed by atoms with van der Waals surface area (Å²) < 4.78 is 1.82. The number of hydrogen-bond acceptors (Lipinski definition) is 6. The van der Waals surface area contributed by atoms with Crippen LogP contribution in [0.4, 0.5) is 5.82 Å². The second-order valence-corrected chi connectivity index (χ2v) is 7.19. The number of aliphatic hydroxyl groups is 1. The Morgan fingerprint density at radius 1 is 1.10 bits per heavy atom. The maximum Gasteiger partial charge on any atom is 0.236 e. The molecular formula is C22H19ClN6O. The van der Waals surface area contributed by atoms with Crippen LogP contribution in [0.1, 0.15) is 17.8 Å². The van der Waals surface area contributed by atoms with Gasteiger partial charge < -0.3 is 15.0 Å². The molecule has 2 aromatic heterocycles. The fraction of sp³-hybridized carbons (Fsp3) is 0.182. The summed E-state index contributed by atoms with van der Waals surface area (Å²) in [6.45, 7) is 1.17. The molecule has 0 amide bonds. The first-order valence-electron chi connectivity index (χ1n) is 9.50. The van der Waals surface area contributed by atoms with Gasteiger partial charge in [0.05, 0.1) is 6.33 Å². The largest absolute Gasteiger partial charge is 0.396 e. The van der Waals surface area contributed by atoms with Gasteiger partial charge in [0.1, 0.15) is 6.07 Å². The number of imidazole rings is 1. The fourth-order valence-electron chi connectivity index (χ4n) is 3.19. The highest BCUT2D eigenvalue weighted by molar-refractivity contribution is 6.30. The van der Waals surface area contributed by atoms with E-state index in [9.17, 15) is 5.26 Å². The molecule has 0 radical (unpaired) electrons. The standard InChI is InChI=1S/C22H19ClN6O/c23-18-4-1-3-17(11-18)16-7-5-15(6-8-16)13-25-21-20-22(28-19(12-24)27-21)29(14-26-20)9-2-10-30/h1,3-8,11,14,30H,2,9-10,13H2,(H,25,27,28). The van der Waals surface area contributed by atoms with E-state index in [0.29, 0.717) is 41.5 Å². The van der Waals surface area contributed by atoms with Crippen LogP contribution < -0.4 is 5.32 Å². The third kappa shape index (κ3) is 4.25. The molecule has 2 N–H and O–H groups in total. The summed E-state index contributed by atoms with van der Waals surface area (Å²) in [5.41, 5.74) is 4.38. The molecule has 0 saturated heterocycles. The van der Waals surface area contributed by atoms with E-state index in [0.717, 1.165) is 16.7 Å². The Morgan fingerprint density at radius 2 is 1.93 bits per heavy atom. The molecule has 0 bridgehead atoms. The summed E-state index contributed by atoms with van der Waals surface area (Å²) in [5.74, 6) is 0.588. The summed E-state index contributed by atoms with van der Waals surface area (Å²) in [5, 5.41) is 22.3. The number of aromatic nitrogens is 4. The monoisotopic (exact) mass is 418 g/mol. The highest BCUT2D eigenvalue weighted by Gasteiger charge is 2.13. The van der Waals surface area contributed by atoms with Crippen LogP contribution in [-0.2, 0) is 13.1 Å². The van der Waals surface area contributed by atoms with Crippen LogP contribution in [0.2, 0.25) is 5.02 Å². The molecule has 2 aromatic carbocycles. The van der Waals surface area contributed by atoms with Crippen LogP contribution in [0.5, 0.6) is 0 Å². The molecule has 0 fully saturated rings. The van der Waals surface area contributed by atoms with Gasteiger partial charge in [-0.25, -0.2) is 4.98 Å². The van der Waals surface area contributed by atoms with Gasteiger partial charge in [0.15, 0.2) is 17.0 Å². The van der Waals surface area contributed by atoms with Gasteiger partial charge in [-0.2, -0.15) is 15.2 Å². The lowest BCUT2D eigenvalue weighted by Gasteiger charge is -2.09. The SMILES string of the molecule is N#Cc1nc(NCc2ccc(-c3cccc(Cl)c3)cc2)c2ncn(CCCO)c2n1. The number of aliphatic hydroxyl groups excluding tert-OH is 1. The Labute approximate surface area is 178 Å². The molecule has 4 aromatic rings. The molecule has 30 heavy (non-hydrogen) atoms. The summed E-state index contributed by atoms with van der Waals surface area (Å²) in [7, 11) is 0. The number of anilines is 1. The maximum absolute atomic E-state index is 9.29. The van der Waals surface area contributed by atoms with E-state index in [-0.39, 0.29) is 12.4 Å². The van der Waals surface area contributed by atoms with Gasteiger partial charge in [-0.3, -0.25) is 0 Å². The number of nitrogens with one attached hydrogen (secondary N) is 1. The predicted octanol–water partition coefficient (Wildman–Crippen LogP) is 4.01. The number of halogens is 1. The molecule has 2 heterocycles. The van der Waals surface area contributed by atoms with Crippen molar-refractivity contribution >= 4 is 28.6 Å². The normalized spacial score (nSPS) is 10.8. The molecule has 0 saturated carbocycles. The van der Waals surface area contributed by atoms with Gasteiger partial charge in [0, 0.05) is 24.7 Å². The van der Waals surface area contributed by atoms with Crippen molar-refractivity contribution in [2.24, 2.45) is 0 Å². The minimum absolute atomic E-state index is 0.0755. The van der Waals surface area contributed by atoms with Gasteiger partial charge in [0.2, 0.25) is 5.82 Å². The molecule has 8 heteroatoms. The van der Waals surface area contributed by atoms with Crippen LogP contribution in [0.3, 0.4) is 0 Å². The molecule has 0 atom stereocenters. The van der Waals surface area contributed by atoms with Crippen molar-refractivity contribution in [3.63, 3.8) is 0 Å². The first-order valence-corrected chi connectivity index (χ1v) is 9.88. The third-order valence-electron chi connectivity index (χ3n) is 4.69. The van der Waals surface area contributed by atoms with Gasteiger partial charge in [0.25, 0.3) is 0 Å². The van der Waals surface area contributed by atoms with Crippen molar-refractivity contribution in [3.8, 4) is 17.2 Å². The summed E-state index contributed by atoms with van der Waals surface area (Å²) in [6.07, 6.45) is 2.24. The lowest BCUT2D eigenvalue weighted by Crippen LogP contribution is -2.06. The van der Waals surface area contributed by atoms with Crippen LogP contribution in [0, 0.1) is 11.3 Å². The van der Waals surface area contributed by atoms with E-state index in [1.807, 2.05) is 59.2 Å². The fourth-order valence-corrected chi connectivity index (χ4v) is 3.38. The molecule has 4 rings (SSSR count). The molecule has 0 spiro atoms. The Bertz CT molecular complexity index is 1210. The molecular weight excluding hydrogens is 400 g/mol. The highest BCUT2D eigenvalue weighted by Crippen LogP contribution is 2.24. The summed E-state index contributed by atoms with van der Waals surface area (Å²) in [4.78, 5) is 12.9. The quantitative estimate of drug-likeness (QED) is 0.470. The van der Waals surface area contributed by atoms with Gasteiger partial charge in [-0.1, -0.05) is 48.0 Å². The van der Waals surface area contributed by atoms with E-state index >= 15 is 0 Å². The minimum Gasteiger partial charge on any atom is -0.396 e. The Balaban J connectivity index is 1.54. The highest BCUT2D eigenvalue weighted by atomic mass is 35.5. The Hall–Kier alpha value is -3.47. The van der Waals surface area contributed by atoms with Crippen LogP contribution in [0.15, 0.2) is 54.9 Å². The lowest BCUT2D eigenvalue weighted by molar-refractivity contribution is 0.280. The van der Waals surface area contributed by atoms with E-state index < -0.39 is 0 Å². The van der Waals surface area contributed by atoms with Crippen molar-refractivity contribution < 1.29 is 5.11 Å². The number of nitrogens with zero attached hydrogens (tertiary/aromatic N) is 5. The van der Waals surface area contributed by atoms with Gasteiger partial charge in [-0.05, 0) is 35.2 Å². The van der Waals surface area contributed by atoms with Crippen molar-refractivity contribution in [2.75, 3.05) is 11.9 Å². The van der Waals surface area contributed by atoms with Gasteiger partial charge in [-0.15, -0.1) is 0 Å². The predicted molar refractivity (Wildman–Crippen MR) is 116 cm³/mol. The Morgan fingerprint density at radius 3 is 2.67 bits per heavy atom. The lowest BCUT2D eigenvalue weighted by atomic mass is 10.0. The second-order valence-electron chi connectivity index (χ2n) is 6.76. The average molecular weight is 419 g/mol. The number of benzene rings is 2. The first-order chi connectivity index (χ1) is 14.7. The number of fused-ring (bicyclic) bond motifs is 1. The average Bonchev–Trinajstić information content (AvgIpc) is 3.19. The van der Waals surface area contributed by atoms with Gasteiger partial charge >= 0.3 is 0 Å². The smallest absolute Gasteiger partial charge is 0.236 e. The molecule has 0 aliphatic heterocycles. The van der Waals surface area contributed by atoms with E-state index in [2.05, 4.69) is 20.3 Å². The molecule has 150 valence electrons. The second kappa shape index (κ2) is 8.91. The third-order valence-corrected chi connectivity index (χ3v) is 4.93. The Kier molecular flexibility index (Phi) is 5.89. The number of hydrogen-bond donors (Lipinski definition) is 2. The summed E-state index contributed by atoms with van der Waals surface area (Å²) >= 11 is 6.08. The summed E-state index contributed by atoms with van der Waals surface area (Å²) in [6, 6.07) is 17.9. The molecule has 0 aliphatic rings. The first kappa shape index (κ1) is 19.8. The number of nitriles is 1. The van der Waals surface area contributed by atoms with Crippen molar-refractivity contribution in [1.82, 2.24) is 19.5 Å². The van der Waals surface area contributed by atoms with E-state index in [1.165, 1.54) is 0 Å². The minimum atomic E-state index is 0.0755. The van der Waals surface area contributed by atoms with Crippen LogP contribution in [-0.4, -0.2) is 31.2 Å². The van der Waals surface area contributed by atoms with E-state index in [4.69, 9.17) is 16.7 Å². The van der Waals surface area contributed by atoms with Crippen molar-refractivity contribution in [1.29, 1.82) is 5.26 Å². The zero-order valence-corrected chi connectivity index (χ0v) is 16.8. The number of aryl methyl sites for hydroxylation is 1. The number of rotatable bonds is 7.